The summed E-state index contributed by atoms with van der Waals surface area (Å²) in [6.45, 7) is 0.458. The molecule has 0 aliphatic carbocycles. The highest BCUT2D eigenvalue weighted by atomic mass is 16.5. The van der Waals surface area contributed by atoms with Crippen molar-refractivity contribution in [1.29, 1.82) is 0 Å². The largest absolute Gasteiger partial charge is 0.497 e. The molecule has 0 unspecified atom stereocenters. The molecule has 7 nitrogen and oxygen atoms in total. The molecule has 3 aromatic rings. The van der Waals surface area contributed by atoms with Crippen molar-refractivity contribution < 1.29 is 18.7 Å². The summed E-state index contributed by atoms with van der Waals surface area (Å²) in [6, 6.07) is 13.4. The fourth-order valence-electron chi connectivity index (χ4n) is 2.37. The second-order valence-corrected chi connectivity index (χ2v) is 5.19. The highest BCUT2D eigenvalue weighted by molar-refractivity contribution is 5.58. The van der Waals surface area contributed by atoms with Crippen molar-refractivity contribution in [3.05, 3.63) is 48.0 Å². The number of ether oxygens (including phenoxy) is 3. The molecular formula is C18H19N3O4. The van der Waals surface area contributed by atoms with Crippen molar-refractivity contribution in [2.75, 3.05) is 26.6 Å². The van der Waals surface area contributed by atoms with Crippen LogP contribution in [0.5, 0.6) is 17.2 Å². The van der Waals surface area contributed by atoms with Gasteiger partial charge in [0.05, 0.1) is 21.3 Å². The van der Waals surface area contributed by atoms with Gasteiger partial charge in [-0.2, -0.15) is 4.98 Å². The van der Waals surface area contributed by atoms with E-state index in [0.29, 0.717) is 18.4 Å². The Morgan fingerprint density at radius 1 is 0.960 bits per heavy atom. The third-order valence-electron chi connectivity index (χ3n) is 3.67. The molecule has 2 aromatic carbocycles. The number of nitrogens with zero attached hydrogens (tertiary/aromatic N) is 2. The average molecular weight is 341 g/mol. The maximum absolute atomic E-state index is 5.36. The molecule has 0 saturated carbocycles. The highest BCUT2D eigenvalue weighted by Crippen LogP contribution is 2.26. The molecule has 1 heterocycles. The number of aromatic nitrogens is 2. The summed E-state index contributed by atoms with van der Waals surface area (Å²) in [4.78, 5) is 4.35. The van der Waals surface area contributed by atoms with Crippen LogP contribution < -0.4 is 19.5 Å². The summed E-state index contributed by atoms with van der Waals surface area (Å²) < 4.78 is 21.1. The first-order valence-electron chi connectivity index (χ1n) is 7.66. The van der Waals surface area contributed by atoms with Crippen LogP contribution in [-0.2, 0) is 6.54 Å². The van der Waals surface area contributed by atoms with E-state index in [4.69, 9.17) is 18.7 Å². The van der Waals surface area contributed by atoms with Gasteiger partial charge >= 0.3 is 6.01 Å². The Labute approximate surface area is 145 Å². The predicted molar refractivity (Wildman–Crippen MR) is 93.2 cm³/mol. The van der Waals surface area contributed by atoms with Crippen LogP contribution in [-0.4, -0.2) is 31.5 Å². The Balaban J connectivity index is 1.74. The molecule has 0 bridgehead atoms. The SMILES string of the molecule is COc1cccc(-c2noc(NCc3cc(OC)ccc3OC)n2)c1. The third kappa shape index (κ3) is 3.82. The normalized spacial score (nSPS) is 10.4. The van der Waals surface area contributed by atoms with Gasteiger partial charge in [0.2, 0.25) is 5.82 Å². The smallest absolute Gasteiger partial charge is 0.322 e. The molecule has 1 N–H and O–H groups in total. The fraction of sp³-hybridized carbons (Fsp3) is 0.222. The summed E-state index contributed by atoms with van der Waals surface area (Å²) in [5.74, 6) is 2.72. The van der Waals surface area contributed by atoms with Crippen LogP contribution in [0.1, 0.15) is 5.56 Å². The molecule has 0 amide bonds. The van der Waals surface area contributed by atoms with Gasteiger partial charge < -0.3 is 24.1 Å². The van der Waals surface area contributed by atoms with Crippen LogP contribution in [0.2, 0.25) is 0 Å². The molecule has 0 aliphatic heterocycles. The maximum atomic E-state index is 5.36. The molecule has 0 radical (unpaired) electrons. The van der Waals surface area contributed by atoms with Gasteiger partial charge in [-0.15, -0.1) is 0 Å². The van der Waals surface area contributed by atoms with Gasteiger partial charge in [-0.25, -0.2) is 0 Å². The van der Waals surface area contributed by atoms with Gasteiger partial charge in [0.15, 0.2) is 0 Å². The van der Waals surface area contributed by atoms with E-state index in [2.05, 4.69) is 15.5 Å². The lowest BCUT2D eigenvalue weighted by atomic mass is 10.2. The van der Waals surface area contributed by atoms with Crippen molar-refractivity contribution >= 4 is 6.01 Å². The molecule has 130 valence electrons. The zero-order chi connectivity index (χ0) is 17.6. The van der Waals surface area contributed by atoms with E-state index >= 15 is 0 Å². The van der Waals surface area contributed by atoms with Gasteiger partial charge in [-0.1, -0.05) is 17.3 Å². The van der Waals surface area contributed by atoms with Gasteiger partial charge in [0.25, 0.3) is 0 Å². The summed E-state index contributed by atoms with van der Waals surface area (Å²) in [6.07, 6.45) is 0. The minimum atomic E-state index is 0.322. The number of anilines is 1. The number of hydrogen-bond donors (Lipinski definition) is 1. The lowest BCUT2D eigenvalue weighted by Crippen LogP contribution is -2.02. The summed E-state index contributed by atoms with van der Waals surface area (Å²) in [5.41, 5.74) is 1.73. The quantitative estimate of drug-likeness (QED) is 0.706. The van der Waals surface area contributed by atoms with Crippen LogP contribution in [0.15, 0.2) is 47.0 Å². The number of hydrogen-bond acceptors (Lipinski definition) is 7. The van der Waals surface area contributed by atoms with Crippen molar-refractivity contribution in [1.82, 2.24) is 10.1 Å². The van der Waals surface area contributed by atoms with Crippen LogP contribution in [0.25, 0.3) is 11.4 Å². The standard InChI is InChI=1S/C18H19N3O4/c1-22-14-6-4-5-12(9-14)17-20-18(25-21-17)19-11-13-10-15(23-2)7-8-16(13)24-3/h4-10H,11H2,1-3H3,(H,19,20,21). The van der Waals surface area contributed by atoms with Gasteiger partial charge in [0.1, 0.15) is 17.2 Å². The maximum Gasteiger partial charge on any atom is 0.322 e. The summed E-state index contributed by atoms with van der Waals surface area (Å²) >= 11 is 0. The molecular weight excluding hydrogens is 322 g/mol. The molecule has 0 aliphatic rings. The third-order valence-corrected chi connectivity index (χ3v) is 3.67. The van der Waals surface area contributed by atoms with E-state index in [1.54, 1.807) is 21.3 Å². The monoisotopic (exact) mass is 341 g/mol. The molecule has 0 saturated heterocycles. The summed E-state index contributed by atoms with van der Waals surface area (Å²) in [5, 5.41) is 7.09. The van der Waals surface area contributed by atoms with Crippen LogP contribution in [0.4, 0.5) is 6.01 Å². The Morgan fingerprint density at radius 3 is 2.52 bits per heavy atom. The van der Waals surface area contributed by atoms with E-state index < -0.39 is 0 Å². The number of benzene rings is 2. The van der Waals surface area contributed by atoms with Crippen molar-refractivity contribution in [3.8, 4) is 28.6 Å². The van der Waals surface area contributed by atoms with E-state index in [1.807, 2.05) is 42.5 Å². The van der Waals surface area contributed by atoms with Crippen molar-refractivity contribution in [3.63, 3.8) is 0 Å². The zero-order valence-electron chi connectivity index (χ0n) is 14.3. The van der Waals surface area contributed by atoms with E-state index in [1.165, 1.54) is 0 Å². The highest BCUT2D eigenvalue weighted by Gasteiger charge is 2.11. The van der Waals surface area contributed by atoms with Crippen LogP contribution in [0, 0.1) is 0 Å². The predicted octanol–water partition coefficient (Wildman–Crippen LogP) is 3.37. The first-order chi connectivity index (χ1) is 12.2. The van der Waals surface area contributed by atoms with Crippen molar-refractivity contribution in [2.24, 2.45) is 0 Å². The minimum Gasteiger partial charge on any atom is -0.497 e. The Morgan fingerprint density at radius 2 is 1.76 bits per heavy atom. The minimum absolute atomic E-state index is 0.322. The second kappa shape index (κ2) is 7.57. The van der Waals surface area contributed by atoms with Gasteiger partial charge in [0, 0.05) is 17.7 Å². The lowest BCUT2D eigenvalue weighted by molar-refractivity contribution is 0.398. The molecule has 25 heavy (non-hydrogen) atoms. The van der Waals surface area contributed by atoms with Crippen LogP contribution >= 0.6 is 0 Å². The van der Waals surface area contributed by atoms with E-state index in [9.17, 15) is 0 Å². The van der Waals surface area contributed by atoms with Crippen LogP contribution in [0.3, 0.4) is 0 Å². The number of rotatable bonds is 7. The van der Waals surface area contributed by atoms with E-state index in [-0.39, 0.29) is 0 Å². The molecule has 3 rings (SSSR count). The molecule has 7 heteroatoms. The number of methoxy groups -OCH3 is 3. The van der Waals surface area contributed by atoms with Gasteiger partial charge in [-0.3, -0.25) is 0 Å². The molecule has 0 fully saturated rings. The first-order valence-corrected chi connectivity index (χ1v) is 7.66. The topological polar surface area (TPSA) is 78.6 Å². The molecule has 0 atom stereocenters. The van der Waals surface area contributed by atoms with Gasteiger partial charge in [-0.05, 0) is 30.3 Å². The van der Waals surface area contributed by atoms with Crippen molar-refractivity contribution in [2.45, 2.75) is 6.54 Å². The zero-order valence-corrected chi connectivity index (χ0v) is 14.3. The Kier molecular flexibility index (Phi) is 5.03. The molecule has 1 aromatic heterocycles. The Hall–Kier alpha value is -3.22. The van der Waals surface area contributed by atoms with E-state index in [0.717, 1.165) is 28.4 Å². The number of nitrogens with one attached hydrogen (secondary N) is 1. The lowest BCUT2D eigenvalue weighted by Gasteiger charge is -2.10. The Bertz CT molecular complexity index is 848. The summed E-state index contributed by atoms with van der Waals surface area (Å²) in [7, 11) is 4.86. The molecule has 0 spiro atoms. The average Bonchev–Trinajstić information content (AvgIpc) is 3.15. The fourth-order valence-corrected chi connectivity index (χ4v) is 2.37. The second-order valence-electron chi connectivity index (χ2n) is 5.19. The first kappa shape index (κ1) is 16.6.